The number of rotatable bonds is 7. The summed E-state index contributed by atoms with van der Waals surface area (Å²) in [4.78, 5) is 29.2. The van der Waals surface area contributed by atoms with Gasteiger partial charge in [-0.05, 0) is 66.9 Å². The normalized spacial score (nSPS) is 12.7. The average Bonchev–Trinajstić information content (AvgIpc) is 3.16. The smallest absolute Gasteiger partial charge is 0.312 e. The molecule has 1 aliphatic heterocycles. The monoisotopic (exact) mass is 600 g/mol. The molecular weight excluding hydrogens is 571 g/mol. The lowest BCUT2D eigenvalue weighted by atomic mass is 10.0. The number of carbonyl (C=O) groups is 2. The van der Waals surface area contributed by atoms with Crippen LogP contribution in [0.2, 0.25) is 0 Å². The van der Waals surface area contributed by atoms with Crippen LogP contribution >= 0.6 is 15.9 Å². The van der Waals surface area contributed by atoms with Gasteiger partial charge in [-0.2, -0.15) is 0 Å². The van der Waals surface area contributed by atoms with Crippen molar-refractivity contribution in [2.24, 2.45) is 0 Å². The van der Waals surface area contributed by atoms with Gasteiger partial charge in [0.1, 0.15) is 17.3 Å². The second kappa shape index (κ2) is 12.4. The van der Waals surface area contributed by atoms with Crippen LogP contribution in [0.15, 0.2) is 53.0 Å². The Balaban J connectivity index is 1.48. The van der Waals surface area contributed by atoms with Crippen LogP contribution in [0.25, 0.3) is 0 Å². The molecule has 3 aromatic carbocycles. The zero-order chi connectivity index (χ0) is 28.1. The van der Waals surface area contributed by atoms with E-state index >= 15 is 0 Å². The molecule has 0 atom stereocenters. The van der Waals surface area contributed by atoms with E-state index in [2.05, 4.69) is 15.9 Å². The van der Waals surface area contributed by atoms with Crippen LogP contribution in [0.5, 0.6) is 28.7 Å². The van der Waals surface area contributed by atoms with Gasteiger partial charge in [-0.3, -0.25) is 9.59 Å². The zero-order valence-corrected chi connectivity index (χ0v) is 23.8. The van der Waals surface area contributed by atoms with Crippen molar-refractivity contribution in [1.29, 1.82) is 0 Å². The van der Waals surface area contributed by atoms with Gasteiger partial charge in [0.2, 0.25) is 5.75 Å². The Morgan fingerprint density at radius 3 is 2.28 bits per heavy atom. The quantitative estimate of drug-likeness (QED) is 0.356. The van der Waals surface area contributed by atoms with E-state index in [-0.39, 0.29) is 6.54 Å². The number of halogens is 2. The predicted octanol–water partition coefficient (Wildman–Crippen LogP) is 4.99. The van der Waals surface area contributed by atoms with Crippen LogP contribution in [-0.4, -0.2) is 63.1 Å². The number of amides is 2. The molecule has 206 valence electrons. The SMILES string of the molecule is COc1cc2c(c(OC)c1OC)CCN(C(=O)C(=O)N(C)Cc1cc(F)ccc1Oc1ccc(Br)cc1)CC2. The lowest BCUT2D eigenvalue weighted by molar-refractivity contribution is -0.151. The van der Waals surface area contributed by atoms with E-state index in [4.69, 9.17) is 18.9 Å². The summed E-state index contributed by atoms with van der Waals surface area (Å²) in [7, 11) is 6.17. The third-order valence-electron chi connectivity index (χ3n) is 6.60. The standard InChI is InChI=1S/C29H30BrFN2O6/c1-32(17-19-15-21(31)7-10-24(19)39-22-8-5-20(30)6-9-22)28(34)29(35)33-13-11-18-16-25(36-2)27(38-4)26(37-3)23(18)12-14-33/h5-10,15-16H,11-14,17H2,1-4H3. The zero-order valence-electron chi connectivity index (χ0n) is 22.3. The van der Waals surface area contributed by atoms with Crippen molar-refractivity contribution in [1.82, 2.24) is 9.80 Å². The number of methoxy groups -OCH3 is 3. The van der Waals surface area contributed by atoms with Crippen LogP contribution in [0.4, 0.5) is 4.39 Å². The molecule has 4 rings (SSSR count). The van der Waals surface area contributed by atoms with E-state index in [1.807, 2.05) is 18.2 Å². The molecular formula is C29H30BrFN2O6. The van der Waals surface area contributed by atoms with Gasteiger partial charge in [-0.15, -0.1) is 0 Å². The number of likely N-dealkylation sites (N-methyl/N-ethyl adjacent to an activating group) is 1. The van der Waals surface area contributed by atoms with Gasteiger partial charge in [0, 0.05) is 42.3 Å². The molecule has 0 fully saturated rings. The van der Waals surface area contributed by atoms with Crippen molar-refractivity contribution < 1.29 is 32.9 Å². The molecule has 39 heavy (non-hydrogen) atoms. The molecule has 3 aromatic rings. The predicted molar refractivity (Wildman–Crippen MR) is 147 cm³/mol. The molecule has 0 saturated carbocycles. The Morgan fingerprint density at radius 2 is 1.62 bits per heavy atom. The highest BCUT2D eigenvalue weighted by Crippen LogP contribution is 2.43. The maximum atomic E-state index is 14.1. The number of nitrogens with zero attached hydrogens (tertiary/aromatic N) is 2. The molecule has 10 heteroatoms. The number of ether oxygens (including phenoxy) is 4. The van der Waals surface area contributed by atoms with Crippen molar-refractivity contribution in [3.05, 3.63) is 75.5 Å². The van der Waals surface area contributed by atoms with E-state index in [1.165, 1.54) is 35.0 Å². The van der Waals surface area contributed by atoms with E-state index in [0.29, 0.717) is 60.2 Å². The Morgan fingerprint density at radius 1 is 0.923 bits per heavy atom. The fourth-order valence-corrected chi connectivity index (χ4v) is 4.87. The average molecular weight is 601 g/mol. The molecule has 0 unspecified atom stereocenters. The summed E-state index contributed by atoms with van der Waals surface area (Å²) in [6, 6.07) is 13.2. The minimum absolute atomic E-state index is 0.00944. The Labute approximate surface area is 235 Å². The number of hydrogen-bond donors (Lipinski definition) is 0. The largest absolute Gasteiger partial charge is 0.493 e. The first-order valence-electron chi connectivity index (χ1n) is 12.3. The van der Waals surface area contributed by atoms with E-state index < -0.39 is 17.6 Å². The molecule has 0 aromatic heterocycles. The first kappa shape index (κ1) is 28.2. The lowest BCUT2D eigenvalue weighted by Gasteiger charge is -2.24. The summed E-state index contributed by atoms with van der Waals surface area (Å²) in [5.41, 5.74) is 2.32. The molecule has 1 heterocycles. The third-order valence-corrected chi connectivity index (χ3v) is 7.13. The van der Waals surface area contributed by atoms with Gasteiger partial charge in [-0.1, -0.05) is 15.9 Å². The number of benzene rings is 3. The summed E-state index contributed by atoms with van der Waals surface area (Å²) in [6.45, 7) is 0.668. The van der Waals surface area contributed by atoms with Crippen molar-refractivity contribution in [3.63, 3.8) is 0 Å². The van der Waals surface area contributed by atoms with Crippen LogP contribution in [0.1, 0.15) is 16.7 Å². The molecule has 8 nitrogen and oxygen atoms in total. The summed E-state index contributed by atoms with van der Waals surface area (Å²) >= 11 is 3.38. The summed E-state index contributed by atoms with van der Waals surface area (Å²) in [5.74, 6) is 0.761. The van der Waals surface area contributed by atoms with Gasteiger partial charge in [-0.25, -0.2) is 4.39 Å². The Bertz CT molecular complexity index is 1360. The summed E-state index contributed by atoms with van der Waals surface area (Å²) in [6.07, 6.45) is 1.00. The Hall–Kier alpha value is -3.79. The number of fused-ring (bicyclic) bond motifs is 1. The van der Waals surface area contributed by atoms with Crippen LogP contribution < -0.4 is 18.9 Å². The maximum Gasteiger partial charge on any atom is 0.312 e. The molecule has 0 bridgehead atoms. The van der Waals surface area contributed by atoms with Crippen LogP contribution in [0, 0.1) is 5.82 Å². The van der Waals surface area contributed by atoms with Crippen molar-refractivity contribution in [3.8, 4) is 28.7 Å². The maximum absolute atomic E-state index is 14.1. The van der Waals surface area contributed by atoms with Gasteiger partial charge in [0.25, 0.3) is 0 Å². The molecule has 0 spiro atoms. The van der Waals surface area contributed by atoms with Gasteiger partial charge >= 0.3 is 11.8 Å². The van der Waals surface area contributed by atoms with Crippen molar-refractivity contribution >= 4 is 27.7 Å². The number of hydrogen-bond acceptors (Lipinski definition) is 6. The van der Waals surface area contributed by atoms with E-state index in [9.17, 15) is 14.0 Å². The molecule has 2 amide bonds. The van der Waals surface area contributed by atoms with E-state index in [1.54, 1.807) is 33.5 Å². The highest BCUT2D eigenvalue weighted by atomic mass is 79.9. The third kappa shape index (κ3) is 6.27. The fraction of sp³-hybridized carbons (Fsp3) is 0.310. The second-order valence-corrected chi connectivity index (χ2v) is 9.96. The molecule has 0 N–H and O–H groups in total. The minimum atomic E-state index is -0.693. The fourth-order valence-electron chi connectivity index (χ4n) is 4.61. The topological polar surface area (TPSA) is 77.5 Å². The molecule has 0 saturated heterocycles. The Kier molecular flexibility index (Phi) is 8.96. The highest BCUT2D eigenvalue weighted by Gasteiger charge is 2.30. The molecule has 0 radical (unpaired) electrons. The van der Waals surface area contributed by atoms with Gasteiger partial charge in [0.05, 0.1) is 21.3 Å². The first-order valence-corrected chi connectivity index (χ1v) is 13.1. The van der Waals surface area contributed by atoms with Crippen molar-refractivity contribution in [2.75, 3.05) is 41.5 Å². The van der Waals surface area contributed by atoms with Crippen molar-refractivity contribution in [2.45, 2.75) is 19.4 Å². The van der Waals surface area contributed by atoms with Gasteiger partial charge < -0.3 is 28.7 Å². The highest BCUT2D eigenvalue weighted by molar-refractivity contribution is 9.10. The molecule has 1 aliphatic rings. The summed E-state index contributed by atoms with van der Waals surface area (Å²) in [5, 5.41) is 0. The first-order chi connectivity index (χ1) is 18.7. The molecule has 0 aliphatic carbocycles. The van der Waals surface area contributed by atoms with Crippen LogP contribution in [-0.2, 0) is 29.0 Å². The lowest BCUT2D eigenvalue weighted by Crippen LogP contribution is -2.44. The minimum Gasteiger partial charge on any atom is -0.493 e. The number of carbonyl (C=O) groups excluding carboxylic acids is 2. The van der Waals surface area contributed by atoms with E-state index in [0.717, 1.165) is 15.6 Å². The second-order valence-electron chi connectivity index (χ2n) is 9.04. The van der Waals surface area contributed by atoms with Crippen LogP contribution in [0.3, 0.4) is 0 Å². The van der Waals surface area contributed by atoms with Gasteiger partial charge in [0.15, 0.2) is 11.5 Å². The summed E-state index contributed by atoms with van der Waals surface area (Å²) < 4.78 is 37.5.